The van der Waals surface area contributed by atoms with Crippen LogP contribution in [0.1, 0.15) is 92.4 Å². The number of fused-ring (bicyclic) bond motifs is 5. The molecule has 16 atom stereocenters. The van der Waals surface area contributed by atoms with Gasteiger partial charge in [0.15, 0.2) is 6.29 Å². The number of ether oxygens (including phenoxy) is 2. The maximum absolute atomic E-state index is 12.5. The number of hydrogen-bond donors (Lipinski definition) is 8. The van der Waals surface area contributed by atoms with Gasteiger partial charge < -0.3 is 50.3 Å². The van der Waals surface area contributed by atoms with Crippen LogP contribution in [0.3, 0.4) is 0 Å². The molecule has 0 aromatic heterocycles. The molecule has 10 nitrogen and oxygen atoms in total. The van der Waals surface area contributed by atoms with Crippen LogP contribution in [0.5, 0.6) is 0 Å². The van der Waals surface area contributed by atoms with Gasteiger partial charge >= 0.3 is 0 Å². The molecule has 1 saturated heterocycles. The zero-order chi connectivity index (χ0) is 31.0. The summed E-state index contributed by atoms with van der Waals surface area (Å²) in [7, 11) is 0. The topological polar surface area (TPSA) is 180 Å². The fraction of sp³-hybridized carbons (Fsp3) is 1.00. The average Bonchev–Trinajstić information content (AvgIpc) is 3.35. The van der Waals surface area contributed by atoms with Crippen LogP contribution in [0, 0.1) is 40.4 Å². The lowest BCUT2D eigenvalue weighted by molar-refractivity contribution is -0.315. The molecular formula is C32H56O10. The minimum Gasteiger partial charge on any atom is -0.394 e. The maximum Gasteiger partial charge on any atom is 0.186 e. The summed E-state index contributed by atoms with van der Waals surface area (Å²) in [5, 5.41) is 87.4. The molecule has 5 rings (SSSR count). The molecule has 0 spiro atoms. The van der Waals surface area contributed by atoms with E-state index in [1.165, 1.54) is 0 Å². The summed E-state index contributed by atoms with van der Waals surface area (Å²) in [6.45, 7) is 9.98. The van der Waals surface area contributed by atoms with Gasteiger partial charge in [-0.15, -0.1) is 0 Å². The summed E-state index contributed by atoms with van der Waals surface area (Å²) in [4.78, 5) is 0. The molecule has 4 saturated carbocycles. The maximum atomic E-state index is 12.5. The third kappa shape index (κ3) is 4.91. The molecular weight excluding hydrogens is 544 g/mol. The van der Waals surface area contributed by atoms with Gasteiger partial charge in [0.25, 0.3) is 0 Å². The van der Waals surface area contributed by atoms with Crippen molar-refractivity contribution in [1.82, 2.24) is 0 Å². The van der Waals surface area contributed by atoms with Gasteiger partial charge in [0, 0.05) is 24.2 Å². The molecule has 244 valence electrons. The first-order valence-corrected chi connectivity index (χ1v) is 16.3. The Morgan fingerprint density at radius 1 is 0.905 bits per heavy atom. The van der Waals surface area contributed by atoms with Crippen LogP contribution in [0.4, 0.5) is 0 Å². The number of aliphatic hydroxyl groups excluding tert-OH is 6. The average molecular weight is 601 g/mol. The molecule has 1 heterocycles. The Kier molecular flexibility index (Phi) is 8.98. The normalized spacial score (nSPS) is 53.9. The van der Waals surface area contributed by atoms with Crippen LogP contribution >= 0.6 is 0 Å². The quantitative estimate of drug-likeness (QED) is 0.201. The first-order chi connectivity index (χ1) is 19.5. The third-order valence-corrected chi connectivity index (χ3v) is 13.1. The summed E-state index contributed by atoms with van der Waals surface area (Å²) in [5.41, 5.74) is -3.92. The largest absolute Gasteiger partial charge is 0.394 e. The van der Waals surface area contributed by atoms with Crippen molar-refractivity contribution in [2.24, 2.45) is 40.4 Å². The smallest absolute Gasteiger partial charge is 0.186 e. The molecule has 10 heteroatoms. The lowest BCUT2D eigenvalue weighted by atomic mass is 9.40. The number of hydrogen-bond acceptors (Lipinski definition) is 10. The van der Waals surface area contributed by atoms with Crippen LogP contribution in [-0.4, -0.2) is 108 Å². The summed E-state index contributed by atoms with van der Waals surface area (Å²) in [5.74, 6) is -0.291. The first kappa shape index (κ1) is 33.0. The fourth-order valence-electron chi connectivity index (χ4n) is 10.7. The van der Waals surface area contributed by atoms with Crippen molar-refractivity contribution in [2.45, 2.75) is 153 Å². The second kappa shape index (κ2) is 11.4. The molecule has 0 aromatic rings. The minimum atomic E-state index is -1.47. The molecule has 0 unspecified atom stereocenters. The molecule has 5 aliphatic rings. The van der Waals surface area contributed by atoms with Crippen molar-refractivity contribution in [1.29, 1.82) is 0 Å². The standard InChI is InChI=1S/C32H56O10/c1-16(2)21(41-28-26(38)25(37)22(15-33)42-28)7-6-17(3)19-12-20(35)27-29(19,4)10-9-23-30(5)11-8-18(34)13-32(30,40)24(36)14-31(23,27)39/h16-28,33-40H,6-15H2,1-5H3/t17-,18+,19-,20+,21+,22+,23-,24-,25+,26-,27-,28-,29-,30-,31+,32+/m1/s1. The van der Waals surface area contributed by atoms with E-state index in [4.69, 9.17) is 9.47 Å². The lowest BCUT2D eigenvalue weighted by Crippen LogP contribution is -2.75. The van der Waals surface area contributed by atoms with E-state index in [2.05, 4.69) is 13.8 Å². The molecule has 42 heavy (non-hydrogen) atoms. The summed E-state index contributed by atoms with van der Waals surface area (Å²) in [6, 6.07) is 0. The Morgan fingerprint density at radius 2 is 1.60 bits per heavy atom. The summed E-state index contributed by atoms with van der Waals surface area (Å²) in [6.07, 6.45) is -2.57. The van der Waals surface area contributed by atoms with E-state index in [-0.39, 0.29) is 48.0 Å². The highest BCUT2D eigenvalue weighted by Crippen LogP contribution is 2.70. The van der Waals surface area contributed by atoms with E-state index in [1.54, 1.807) is 0 Å². The van der Waals surface area contributed by atoms with Crippen LogP contribution < -0.4 is 0 Å². The Labute approximate surface area is 250 Å². The van der Waals surface area contributed by atoms with Crippen molar-refractivity contribution in [3.8, 4) is 0 Å². The van der Waals surface area contributed by atoms with Crippen LogP contribution in [0.25, 0.3) is 0 Å². The molecule has 5 fully saturated rings. The van der Waals surface area contributed by atoms with Crippen molar-refractivity contribution in [3.63, 3.8) is 0 Å². The predicted octanol–water partition coefficient (Wildman–Crippen LogP) is 1.07. The summed E-state index contributed by atoms with van der Waals surface area (Å²) < 4.78 is 11.7. The monoisotopic (exact) mass is 600 g/mol. The van der Waals surface area contributed by atoms with Gasteiger partial charge in [-0.1, -0.05) is 34.6 Å². The highest BCUT2D eigenvalue weighted by atomic mass is 16.7. The van der Waals surface area contributed by atoms with Gasteiger partial charge in [0.1, 0.15) is 18.3 Å². The van der Waals surface area contributed by atoms with Crippen LogP contribution in [0.2, 0.25) is 0 Å². The predicted molar refractivity (Wildman–Crippen MR) is 153 cm³/mol. The molecule has 0 radical (unpaired) electrons. The van der Waals surface area contributed by atoms with E-state index in [0.717, 1.165) is 12.8 Å². The molecule has 1 aliphatic heterocycles. The van der Waals surface area contributed by atoms with Gasteiger partial charge in [0.2, 0.25) is 0 Å². The Balaban J connectivity index is 1.31. The molecule has 0 bridgehead atoms. The molecule has 0 aromatic carbocycles. The first-order valence-electron chi connectivity index (χ1n) is 16.3. The third-order valence-electron chi connectivity index (χ3n) is 13.1. The molecule has 0 amide bonds. The number of rotatable bonds is 8. The van der Waals surface area contributed by atoms with E-state index >= 15 is 0 Å². The van der Waals surface area contributed by atoms with Gasteiger partial charge in [0.05, 0.1) is 42.2 Å². The lowest BCUT2D eigenvalue weighted by Gasteiger charge is -2.68. The van der Waals surface area contributed by atoms with Gasteiger partial charge in [-0.3, -0.25) is 0 Å². The molecule has 4 aliphatic carbocycles. The second-order valence-electron chi connectivity index (χ2n) is 15.6. The zero-order valence-corrected chi connectivity index (χ0v) is 26.0. The molecule has 8 N–H and O–H groups in total. The van der Waals surface area contributed by atoms with Crippen LogP contribution in [0.15, 0.2) is 0 Å². The fourth-order valence-corrected chi connectivity index (χ4v) is 10.7. The Bertz CT molecular complexity index is 966. The SMILES string of the molecule is CC(C)[C@H](CC[C@@H](C)[C@H]1C[C@H](O)[C@@H]2[C@]1(C)CC[C@H]1[C@@]2(O)C[C@@H](O)[C@@]2(O)C[C@@H](O)CC[C@]12C)O[C@@H]1O[C@@H](CO)[C@H](O)[C@H]1O. The second-order valence-corrected chi connectivity index (χ2v) is 15.6. The highest BCUT2D eigenvalue weighted by molar-refractivity contribution is 5.24. The van der Waals surface area contributed by atoms with Crippen LogP contribution in [-0.2, 0) is 9.47 Å². The Morgan fingerprint density at radius 3 is 2.21 bits per heavy atom. The van der Waals surface area contributed by atoms with Gasteiger partial charge in [-0.25, -0.2) is 0 Å². The highest BCUT2D eigenvalue weighted by Gasteiger charge is 2.74. The van der Waals surface area contributed by atoms with E-state index in [0.29, 0.717) is 32.1 Å². The van der Waals surface area contributed by atoms with Crippen molar-refractivity contribution in [2.75, 3.05) is 6.61 Å². The van der Waals surface area contributed by atoms with E-state index in [9.17, 15) is 40.9 Å². The van der Waals surface area contributed by atoms with Gasteiger partial charge in [-0.05, 0) is 74.0 Å². The van der Waals surface area contributed by atoms with E-state index < -0.39 is 72.1 Å². The zero-order valence-electron chi connectivity index (χ0n) is 26.0. The summed E-state index contributed by atoms with van der Waals surface area (Å²) >= 11 is 0. The number of aliphatic hydroxyl groups is 8. The van der Waals surface area contributed by atoms with Crippen molar-refractivity contribution in [3.05, 3.63) is 0 Å². The van der Waals surface area contributed by atoms with Crippen molar-refractivity contribution < 1.29 is 50.3 Å². The van der Waals surface area contributed by atoms with E-state index in [1.807, 2.05) is 20.8 Å². The van der Waals surface area contributed by atoms with Crippen molar-refractivity contribution >= 4 is 0 Å². The minimum absolute atomic E-state index is 0.0114. The van der Waals surface area contributed by atoms with Gasteiger partial charge in [-0.2, -0.15) is 0 Å². The Hall–Kier alpha value is -0.400.